The molecule has 0 atom stereocenters. The van der Waals surface area contributed by atoms with Crippen LogP contribution in [0.5, 0.6) is 0 Å². The van der Waals surface area contributed by atoms with E-state index in [0.29, 0.717) is 26.2 Å². The zero-order valence-corrected chi connectivity index (χ0v) is 9.74. The lowest BCUT2D eigenvalue weighted by Gasteiger charge is -2.36. The predicted molar refractivity (Wildman–Crippen MR) is 59.9 cm³/mol. The highest BCUT2D eigenvalue weighted by molar-refractivity contribution is 5.70. The van der Waals surface area contributed by atoms with Crippen molar-refractivity contribution in [1.29, 1.82) is 0 Å². The Morgan fingerprint density at radius 3 is 2.50 bits per heavy atom. The van der Waals surface area contributed by atoms with Crippen molar-refractivity contribution in [2.75, 3.05) is 19.8 Å². The molecule has 2 aliphatic rings. The summed E-state index contributed by atoms with van der Waals surface area (Å²) in [6.07, 6.45) is 6.27. The molecule has 0 amide bonds. The van der Waals surface area contributed by atoms with Crippen molar-refractivity contribution in [3.05, 3.63) is 0 Å². The minimum atomic E-state index is -0.0966. The number of carbonyl (C=O) groups is 1. The highest BCUT2D eigenvalue weighted by atomic mass is 16.6. The summed E-state index contributed by atoms with van der Waals surface area (Å²) in [5.41, 5.74) is 5.85. The third-order valence-corrected chi connectivity index (χ3v) is 3.77. The summed E-state index contributed by atoms with van der Waals surface area (Å²) < 4.78 is 10.3. The maximum atomic E-state index is 11.7. The Bertz CT molecular complexity index is 245. The molecule has 0 spiro atoms. The quantitative estimate of drug-likeness (QED) is 0.734. The van der Waals surface area contributed by atoms with Crippen LogP contribution in [0.3, 0.4) is 0 Å². The number of carbonyl (C=O) groups excluding carboxylic acids is 1. The highest BCUT2D eigenvalue weighted by Crippen LogP contribution is 2.38. The summed E-state index contributed by atoms with van der Waals surface area (Å²) in [4.78, 5) is 11.7. The smallest absolute Gasteiger partial charge is 0.306 e. The van der Waals surface area contributed by atoms with E-state index in [9.17, 15) is 4.79 Å². The summed E-state index contributed by atoms with van der Waals surface area (Å²) in [6, 6.07) is 0. The SMILES string of the molecule is NCC1(CC(=O)OC2COC2)CCCCC1. The molecule has 92 valence electrons. The second-order valence-electron chi connectivity index (χ2n) is 5.09. The molecular weight excluding hydrogens is 206 g/mol. The van der Waals surface area contributed by atoms with Crippen molar-refractivity contribution in [1.82, 2.24) is 0 Å². The predicted octanol–water partition coefficient (Wildman–Crippen LogP) is 1.23. The van der Waals surface area contributed by atoms with E-state index in [1.54, 1.807) is 0 Å². The van der Waals surface area contributed by atoms with E-state index in [1.807, 2.05) is 0 Å². The number of hydrogen-bond donors (Lipinski definition) is 1. The third-order valence-electron chi connectivity index (χ3n) is 3.77. The lowest BCUT2D eigenvalue weighted by molar-refractivity contribution is -0.175. The minimum Gasteiger partial charge on any atom is -0.457 e. The first kappa shape index (κ1) is 11.9. The van der Waals surface area contributed by atoms with E-state index in [0.717, 1.165) is 12.8 Å². The van der Waals surface area contributed by atoms with E-state index in [-0.39, 0.29) is 17.5 Å². The van der Waals surface area contributed by atoms with Crippen molar-refractivity contribution in [2.45, 2.75) is 44.6 Å². The molecule has 0 aromatic carbocycles. The zero-order chi connectivity index (χ0) is 11.4. The molecular formula is C12H21NO3. The van der Waals surface area contributed by atoms with Crippen LogP contribution < -0.4 is 5.73 Å². The minimum absolute atomic E-state index is 0.00841. The molecule has 1 aliphatic heterocycles. The van der Waals surface area contributed by atoms with Crippen LogP contribution in [0.1, 0.15) is 38.5 Å². The molecule has 1 heterocycles. The molecule has 16 heavy (non-hydrogen) atoms. The average molecular weight is 227 g/mol. The van der Waals surface area contributed by atoms with Gasteiger partial charge < -0.3 is 15.2 Å². The Balaban J connectivity index is 1.82. The Kier molecular flexibility index (Phi) is 3.82. The lowest BCUT2D eigenvalue weighted by atomic mass is 9.72. The van der Waals surface area contributed by atoms with E-state index in [1.165, 1.54) is 19.3 Å². The summed E-state index contributed by atoms with van der Waals surface area (Å²) in [7, 11) is 0. The highest BCUT2D eigenvalue weighted by Gasteiger charge is 2.35. The Morgan fingerprint density at radius 2 is 2.00 bits per heavy atom. The van der Waals surface area contributed by atoms with E-state index in [4.69, 9.17) is 15.2 Å². The van der Waals surface area contributed by atoms with Crippen LogP contribution in [0.2, 0.25) is 0 Å². The first-order chi connectivity index (χ1) is 7.74. The van der Waals surface area contributed by atoms with Gasteiger partial charge in [0.25, 0.3) is 0 Å². The second-order valence-corrected chi connectivity index (χ2v) is 5.09. The van der Waals surface area contributed by atoms with E-state index < -0.39 is 0 Å². The van der Waals surface area contributed by atoms with E-state index >= 15 is 0 Å². The fourth-order valence-corrected chi connectivity index (χ4v) is 2.57. The largest absolute Gasteiger partial charge is 0.457 e. The topological polar surface area (TPSA) is 61.6 Å². The Morgan fingerprint density at radius 1 is 1.31 bits per heavy atom. The third kappa shape index (κ3) is 2.74. The fourth-order valence-electron chi connectivity index (χ4n) is 2.57. The molecule has 1 saturated heterocycles. The number of hydrogen-bond acceptors (Lipinski definition) is 4. The summed E-state index contributed by atoms with van der Waals surface area (Å²) in [6.45, 7) is 1.71. The molecule has 2 N–H and O–H groups in total. The number of rotatable bonds is 4. The van der Waals surface area contributed by atoms with Gasteiger partial charge in [-0.2, -0.15) is 0 Å². The standard InChI is InChI=1S/C12H21NO3/c13-9-12(4-2-1-3-5-12)6-11(14)16-10-7-15-8-10/h10H,1-9,13H2. The van der Waals surface area contributed by atoms with Gasteiger partial charge in [-0.15, -0.1) is 0 Å². The molecule has 4 heteroatoms. The summed E-state index contributed by atoms with van der Waals surface area (Å²) >= 11 is 0. The van der Waals surface area contributed by atoms with Gasteiger partial charge in [-0.3, -0.25) is 4.79 Å². The Labute approximate surface area is 96.5 Å². The van der Waals surface area contributed by atoms with Gasteiger partial charge in [-0.25, -0.2) is 0 Å². The van der Waals surface area contributed by atoms with Crippen LogP contribution >= 0.6 is 0 Å². The first-order valence-corrected chi connectivity index (χ1v) is 6.21. The molecule has 1 saturated carbocycles. The van der Waals surface area contributed by atoms with Gasteiger partial charge in [0.1, 0.15) is 6.10 Å². The number of nitrogens with two attached hydrogens (primary N) is 1. The monoisotopic (exact) mass is 227 g/mol. The molecule has 0 aromatic rings. The summed E-state index contributed by atoms with van der Waals surface area (Å²) in [5, 5.41) is 0. The Hall–Kier alpha value is -0.610. The van der Waals surface area contributed by atoms with Gasteiger partial charge in [0.2, 0.25) is 0 Å². The van der Waals surface area contributed by atoms with Gasteiger partial charge in [0.15, 0.2) is 0 Å². The van der Waals surface area contributed by atoms with Gasteiger partial charge in [0, 0.05) is 0 Å². The van der Waals surface area contributed by atoms with Crippen LogP contribution in [-0.2, 0) is 14.3 Å². The fraction of sp³-hybridized carbons (Fsp3) is 0.917. The normalized spacial score (nSPS) is 24.8. The number of ether oxygens (including phenoxy) is 2. The molecule has 0 unspecified atom stereocenters. The van der Waals surface area contributed by atoms with Crippen molar-refractivity contribution in [3.63, 3.8) is 0 Å². The second kappa shape index (κ2) is 5.15. The molecule has 0 bridgehead atoms. The maximum absolute atomic E-state index is 11.7. The molecule has 2 fully saturated rings. The lowest BCUT2D eigenvalue weighted by Crippen LogP contribution is -2.41. The van der Waals surface area contributed by atoms with Crippen LogP contribution in [0.25, 0.3) is 0 Å². The molecule has 2 rings (SSSR count). The number of esters is 1. The van der Waals surface area contributed by atoms with Crippen molar-refractivity contribution in [3.8, 4) is 0 Å². The van der Waals surface area contributed by atoms with Crippen molar-refractivity contribution >= 4 is 5.97 Å². The van der Waals surface area contributed by atoms with Crippen molar-refractivity contribution in [2.24, 2.45) is 11.1 Å². The van der Waals surface area contributed by atoms with Gasteiger partial charge >= 0.3 is 5.97 Å². The van der Waals surface area contributed by atoms with Crippen LogP contribution in [0, 0.1) is 5.41 Å². The maximum Gasteiger partial charge on any atom is 0.306 e. The van der Waals surface area contributed by atoms with Crippen LogP contribution in [0.15, 0.2) is 0 Å². The average Bonchev–Trinajstić information content (AvgIpc) is 2.25. The van der Waals surface area contributed by atoms with Crippen molar-refractivity contribution < 1.29 is 14.3 Å². The zero-order valence-electron chi connectivity index (χ0n) is 9.74. The molecule has 0 radical (unpaired) electrons. The van der Waals surface area contributed by atoms with Gasteiger partial charge in [-0.1, -0.05) is 19.3 Å². The summed E-state index contributed by atoms with van der Waals surface area (Å²) in [5.74, 6) is -0.0966. The van der Waals surface area contributed by atoms with Gasteiger partial charge in [0.05, 0.1) is 19.6 Å². The first-order valence-electron chi connectivity index (χ1n) is 6.21. The van der Waals surface area contributed by atoms with Crippen LogP contribution in [0.4, 0.5) is 0 Å². The molecule has 4 nitrogen and oxygen atoms in total. The van der Waals surface area contributed by atoms with Gasteiger partial charge in [-0.05, 0) is 24.8 Å². The van der Waals surface area contributed by atoms with Crippen LogP contribution in [-0.4, -0.2) is 31.8 Å². The molecule has 1 aliphatic carbocycles. The van der Waals surface area contributed by atoms with E-state index in [2.05, 4.69) is 0 Å². The molecule has 0 aromatic heterocycles.